The molecule has 0 atom stereocenters. The molecule has 1 aromatic carbocycles. The van der Waals surface area contributed by atoms with Crippen LogP contribution in [-0.4, -0.2) is 11.0 Å². The van der Waals surface area contributed by atoms with Crippen LogP contribution in [0.15, 0.2) is 53.2 Å². The maximum atomic E-state index is 12.8. The number of carbonyl (C=O) groups is 1. The first-order chi connectivity index (χ1) is 10.8. The van der Waals surface area contributed by atoms with Crippen molar-refractivity contribution in [3.63, 3.8) is 0 Å². The zero-order valence-corrected chi connectivity index (χ0v) is 13.6. The van der Waals surface area contributed by atoms with Gasteiger partial charge in [0.05, 0.1) is 5.56 Å². The van der Waals surface area contributed by atoms with E-state index in [1.54, 1.807) is 19.1 Å². The first-order valence-corrected chi connectivity index (χ1v) is 7.42. The summed E-state index contributed by atoms with van der Waals surface area (Å²) in [5.74, 6) is -0.537. The van der Waals surface area contributed by atoms with Gasteiger partial charge in [0, 0.05) is 17.3 Å². The van der Waals surface area contributed by atoms with Gasteiger partial charge in [0.2, 0.25) is 0 Å². The molecule has 2 nitrogen and oxygen atoms in total. The Bertz CT molecular complexity index is 641. The lowest BCUT2D eigenvalue weighted by molar-refractivity contribution is -0.137. The van der Waals surface area contributed by atoms with E-state index in [9.17, 15) is 18.0 Å². The zero-order valence-electron chi connectivity index (χ0n) is 12.8. The van der Waals surface area contributed by atoms with Gasteiger partial charge in [-0.25, -0.2) is 4.99 Å². The van der Waals surface area contributed by atoms with Crippen molar-refractivity contribution in [3.8, 4) is 0 Å². The van der Waals surface area contributed by atoms with E-state index in [1.165, 1.54) is 18.3 Å². The highest BCUT2D eigenvalue weighted by molar-refractivity contribution is 6.64. The second-order valence-electron chi connectivity index (χ2n) is 4.81. The molecule has 0 saturated carbocycles. The summed E-state index contributed by atoms with van der Waals surface area (Å²) in [6.45, 7) is 3.52. The van der Waals surface area contributed by atoms with Crippen LogP contribution in [0.3, 0.4) is 0 Å². The van der Waals surface area contributed by atoms with Gasteiger partial charge in [-0.05, 0) is 25.5 Å². The van der Waals surface area contributed by atoms with Crippen molar-refractivity contribution in [1.29, 1.82) is 0 Å². The van der Waals surface area contributed by atoms with E-state index in [2.05, 4.69) is 4.99 Å². The minimum Gasteiger partial charge on any atom is -0.289 e. The number of ketones is 1. The van der Waals surface area contributed by atoms with Crippen LogP contribution in [-0.2, 0) is 6.18 Å². The first-order valence-electron chi connectivity index (χ1n) is 7.04. The van der Waals surface area contributed by atoms with Gasteiger partial charge in [0.1, 0.15) is 5.17 Å². The molecule has 23 heavy (non-hydrogen) atoms. The number of Topliss-reactive ketones (excluding diaryl/α,β-unsaturated/α-hetero) is 1. The van der Waals surface area contributed by atoms with Crippen molar-refractivity contribution in [3.05, 3.63) is 59.3 Å². The topological polar surface area (TPSA) is 29.4 Å². The number of carbonyl (C=O) groups excluding carboxylic acids is 1. The van der Waals surface area contributed by atoms with Gasteiger partial charge in [-0.2, -0.15) is 13.2 Å². The third-order valence-electron chi connectivity index (χ3n) is 2.85. The molecule has 0 amide bonds. The number of allylic oxidation sites excluding steroid dienone is 3. The fraction of sp³-hybridized carbons (Fsp3) is 0.294. The predicted molar refractivity (Wildman–Crippen MR) is 86.9 cm³/mol. The Morgan fingerprint density at radius 3 is 2.61 bits per heavy atom. The molecule has 0 aromatic heterocycles. The lowest BCUT2D eigenvalue weighted by Crippen LogP contribution is -2.08. The minimum atomic E-state index is -4.50. The number of nitrogens with zero attached hydrogens (tertiary/aromatic N) is 1. The van der Waals surface area contributed by atoms with Crippen LogP contribution in [0.25, 0.3) is 0 Å². The van der Waals surface area contributed by atoms with Gasteiger partial charge in [0.15, 0.2) is 5.78 Å². The summed E-state index contributed by atoms with van der Waals surface area (Å²) in [5, 5.41) is 0.225. The summed E-state index contributed by atoms with van der Waals surface area (Å²) >= 11 is 5.64. The van der Waals surface area contributed by atoms with Crippen molar-refractivity contribution in [2.75, 3.05) is 0 Å². The fourth-order valence-electron chi connectivity index (χ4n) is 1.72. The highest BCUT2D eigenvalue weighted by atomic mass is 35.5. The Kier molecular flexibility index (Phi) is 7.23. The number of rotatable bonds is 6. The maximum Gasteiger partial charge on any atom is 0.416 e. The summed E-state index contributed by atoms with van der Waals surface area (Å²) < 4.78 is 38.3. The number of unbranched alkanes of at least 4 members (excludes halogenated alkanes) is 1. The van der Waals surface area contributed by atoms with Crippen LogP contribution in [0.2, 0.25) is 0 Å². The molecule has 0 heterocycles. The van der Waals surface area contributed by atoms with E-state index in [-0.39, 0.29) is 16.3 Å². The van der Waals surface area contributed by atoms with E-state index >= 15 is 0 Å². The van der Waals surface area contributed by atoms with Crippen molar-refractivity contribution in [1.82, 2.24) is 0 Å². The molecular formula is C17H17ClF3NO. The molecule has 0 saturated heterocycles. The van der Waals surface area contributed by atoms with Crippen molar-refractivity contribution in [2.45, 2.75) is 32.9 Å². The summed E-state index contributed by atoms with van der Waals surface area (Å²) in [4.78, 5) is 16.3. The molecule has 0 fully saturated rings. The zero-order chi connectivity index (χ0) is 17.5. The lowest BCUT2D eigenvalue weighted by atomic mass is 10.0. The third kappa shape index (κ3) is 6.40. The van der Waals surface area contributed by atoms with Crippen LogP contribution < -0.4 is 0 Å². The number of benzene rings is 1. The number of alkyl halides is 3. The monoisotopic (exact) mass is 343 g/mol. The van der Waals surface area contributed by atoms with E-state index in [1.807, 2.05) is 6.92 Å². The number of halogens is 4. The van der Waals surface area contributed by atoms with Crippen LogP contribution in [0.4, 0.5) is 13.2 Å². The third-order valence-corrected chi connectivity index (χ3v) is 2.95. The first kappa shape index (κ1) is 19.2. The number of hydrogen-bond donors (Lipinski definition) is 0. The van der Waals surface area contributed by atoms with Gasteiger partial charge >= 0.3 is 6.18 Å². The molecule has 0 aliphatic rings. The summed E-state index contributed by atoms with van der Waals surface area (Å²) in [6, 6.07) is 4.31. The van der Waals surface area contributed by atoms with Crippen LogP contribution >= 0.6 is 11.6 Å². The average Bonchev–Trinajstić information content (AvgIpc) is 2.49. The van der Waals surface area contributed by atoms with Crippen molar-refractivity contribution < 1.29 is 18.0 Å². The summed E-state index contributed by atoms with van der Waals surface area (Å²) in [7, 11) is 0. The molecule has 0 bridgehead atoms. The number of aliphatic imine (C=N–C) groups is 1. The molecule has 0 aliphatic heterocycles. The highest BCUT2D eigenvalue weighted by Crippen LogP contribution is 2.30. The SMILES string of the molecule is CCC/C=C/C(=C\N=C(C)Cl)C(=O)c1cccc(C(F)(F)F)c1. The normalized spacial score (nSPS) is 13.7. The molecule has 0 aliphatic carbocycles. The van der Waals surface area contributed by atoms with E-state index < -0.39 is 17.5 Å². The smallest absolute Gasteiger partial charge is 0.289 e. The molecule has 1 rings (SSSR count). The maximum absolute atomic E-state index is 12.8. The van der Waals surface area contributed by atoms with Gasteiger partial charge in [-0.3, -0.25) is 4.79 Å². The average molecular weight is 344 g/mol. The molecule has 0 radical (unpaired) electrons. The Labute approximate surface area is 138 Å². The Morgan fingerprint density at radius 2 is 2.04 bits per heavy atom. The largest absolute Gasteiger partial charge is 0.416 e. The molecule has 1 aromatic rings. The molecule has 0 N–H and O–H groups in total. The second-order valence-corrected chi connectivity index (χ2v) is 5.36. The van der Waals surface area contributed by atoms with Gasteiger partial charge in [-0.1, -0.05) is 49.2 Å². The molecule has 6 heteroatoms. The van der Waals surface area contributed by atoms with E-state index in [4.69, 9.17) is 11.6 Å². The number of hydrogen-bond acceptors (Lipinski definition) is 2. The molecule has 124 valence electrons. The summed E-state index contributed by atoms with van der Waals surface area (Å²) in [6.07, 6.45) is 1.72. The van der Waals surface area contributed by atoms with E-state index in [0.717, 1.165) is 25.0 Å². The molecule has 0 unspecified atom stereocenters. The Morgan fingerprint density at radius 1 is 1.35 bits per heavy atom. The lowest BCUT2D eigenvalue weighted by Gasteiger charge is -2.08. The minimum absolute atomic E-state index is 0.0466. The second kappa shape index (κ2) is 8.67. The fourth-order valence-corrected chi connectivity index (χ4v) is 1.77. The quantitative estimate of drug-likeness (QED) is 0.278. The predicted octanol–water partition coefficient (Wildman–Crippen LogP) is 5.79. The highest BCUT2D eigenvalue weighted by Gasteiger charge is 2.31. The molecular weight excluding hydrogens is 327 g/mol. The van der Waals surface area contributed by atoms with Gasteiger partial charge in [-0.15, -0.1) is 0 Å². The molecule has 0 spiro atoms. The van der Waals surface area contributed by atoms with Crippen LogP contribution in [0.5, 0.6) is 0 Å². The Hall–Kier alpha value is -1.88. The van der Waals surface area contributed by atoms with E-state index in [0.29, 0.717) is 0 Å². The van der Waals surface area contributed by atoms with Crippen LogP contribution in [0, 0.1) is 0 Å². The van der Waals surface area contributed by atoms with Crippen molar-refractivity contribution >= 4 is 22.6 Å². The Balaban J connectivity index is 3.19. The summed E-state index contributed by atoms with van der Waals surface area (Å²) in [5.41, 5.74) is -0.732. The van der Waals surface area contributed by atoms with Crippen molar-refractivity contribution in [2.24, 2.45) is 4.99 Å². The van der Waals surface area contributed by atoms with Gasteiger partial charge in [0.25, 0.3) is 0 Å². The standard InChI is InChI=1S/C17H17ClF3NO/c1-3-4-5-7-14(11-22-12(2)18)16(23)13-8-6-9-15(10-13)17(19,20)21/h5-11H,3-4H2,1-2H3/b7-5+,14-11+,22-12?. The van der Waals surface area contributed by atoms with Crippen LogP contribution in [0.1, 0.15) is 42.6 Å². The van der Waals surface area contributed by atoms with Gasteiger partial charge < -0.3 is 0 Å².